The van der Waals surface area contributed by atoms with Gasteiger partial charge in [0, 0.05) is 6.54 Å². The van der Waals surface area contributed by atoms with Crippen LogP contribution in [0, 0.1) is 0 Å². The van der Waals surface area contributed by atoms with Gasteiger partial charge < -0.3 is 10.0 Å². The van der Waals surface area contributed by atoms with Gasteiger partial charge in [-0.1, -0.05) is 5.16 Å². The van der Waals surface area contributed by atoms with Crippen molar-refractivity contribution in [1.29, 1.82) is 0 Å². The highest BCUT2D eigenvalue weighted by Gasteiger charge is 2.16. The molecule has 1 rings (SSSR count). The average molecular weight is 171 g/mol. The Hall–Kier alpha value is -1.43. The fourth-order valence-corrected chi connectivity index (χ4v) is 0.772. The van der Waals surface area contributed by atoms with Crippen LogP contribution in [0.4, 0.5) is 0 Å². The Morgan fingerprint density at radius 3 is 2.75 bits per heavy atom. The van der Waals surface area contributed by atoms with Gasteiger partial charge in [-0.2, -0.15) is 0 Å². The number of rotatable bonds is 3. The fraction of sp³-hybridized carbons (Fsp3) is 0.500. The summed E-state index contributed by atoms with van der Waals surface area (Å²) in [7, 11) is 3.61. The molecule has 66 valence electrons. The van der Waals surface area contributed by atoms with E-state index in [2.05, 4.69) is 14.9 Å². The quantitative estimate of drug-likeness (QED) is 0.680. The summed E-state index contributed by atoms with van der Waals surface area (Å²) < 4.78 is 4.30. The van der Waals surface area contributed by atoms with E-state index >= 15 is 0 Å². The third-order valence-electron chi connectivity index (χ3n) is 1.23. The van der Waals surface area contributed by atoms with Gasteiger partial charge in [0.15, 0.2) is 0 Å². The summed E-state index contributed by atoms with van der Waals surface area (Å²) >= 11 is 0. The van der Waals surface area contributed by atoms with Crippen molar-refractivity contribution in [1.82, 2.24) is 15.2 Å². The Bertz CT molecular complexity index is 281. The van der Waals surface area contributed by atoms with E-state index in [-0.39, 0.29) is 5.69 Å². The van der Waals surface area contributed by atoms with Crippen LogP contribution in [0.15, 0.2) is 4.63 Å². The Kier molecular flexibility index (Phi) is 2.39. The molecule has 12 heavy (non-hydrogen) atoms. The molecule has 0 amide bonds. The van der Waals surface area contributed by atoms with Crippen LogP contribution < -0.4 is 0 Å². The number of carboxylic acids is 1. The van der Waals surface area contributed by atoms with Gasteiger partial charge in [-0.3, -0.25) is 0 Å². The third kappa shape index (κ3) is 1.79. The van der Waals surface area contributed by atoms with E-state index in [1.165, 1.54) is 0 Å². The van der Waals surface area contributed by atoms with Crippen LogP contribution in [0.5, 0.6) is 0 Å². The van der Waals surface area contributed by atoms with Gasteiger partial charge in [-0.25, -0.2) is 9.42 Å². The van der Waals surface area contributed by atoms with Crippen LogP contribution in [0.3, 0.4) is 0 Å². The van der Waals surface area contributed by atoms with Gasteiger partial charge in [-0.15, -0.1) is 0 Å². The molecule has 0 spiro atoms. The second kappa shape index (κ2) is 3.31. The lowest BCUT2D eigenvalue weighted by atomic mass is 10.3. The van der Waals surface area contributed by atoms with Crippen LogP contribution in [0.2, 0.25) is 0 Å². The maximum Gasteiger partial charge on any atom is 0.360 e. The highest BCUT2D eigenvalue weighted by atomic mass is 16.6. The fourth-order valence-electron chi connectivity index (χ4n) is 0.772. The first-order valence-corrected chi connectivity index (χ1v) is 3.30. The molecular weight excluding hydrogens is 162 g/mol. The Morgan fingerprint density at radius 1 is 1.58 bits per heavy atom. The predicted octanol–water partition coefficient (Wildman–Crippen LogP) is -0.171. The zero-order valence-corrected chi connectivity index (χ0v) is 6.81. The van der Waals surface area contributed by atoms with Crippen molar-refractivity contribution >= 4 is 5.97 Å². The summed E-state index contributed by atoms with van der Waals surface area (Å²) in [6.45, 7) is 0.408. The first-order valence-electron chi connectivity index (χ1n) is 3.30. The monoisotopic (exact) mass is 171 g/mol. The first kappa shape index (κ1) is 8.66. The lowest BCUT2D eigenvalue weighted by Gasteiger charge is -2.04. The maximum absolute atomic E-state index is 10.5. The summed E-state index contributed by atoms with van der Waals surface area (Å²) in [4.78, 5) is 12.3. The number of carboxylic acid groups (broad SMARTS) is 1. The number of carbonyl (C=O) groups is 1. The molecule has 0 fully saturated rings. The molecule has 0 unspecified atom stereocenters. The molecule has 0 radical (unpaired) electrons. The van der Waals surface area contributed by atoms with Crippen LogP contribution in [-0.4, -0.2) is 40.4 Å². The second-order valence-electron chi connectivity index (χ2n) is 2.60. The van der Waals surface area contributed by atoms with Gasteiger partial charge >= 0.3 is 5.97 Å². The SMILES string of the molecule is CN(C)Cc1nonc1C(=O)O. The van der Waals surface area contributed by atoms with E-state index in [9.17, 15) is 4.79 Å². The summed E-state index contributed by atoms with van der Waals surface area (Å²) in [6, 6.07) is 0. The molecule has 0 aliphatic rings. The largest absolute Gasteiger partial charge is 0.476 e. The topological polar surface area (TPSA) is 79.5 Å². The van der Waals surface area contributed by atoms with Crippen molar-refractivity contribution < 1.29 is 14.5 Å². The van der Waals surface area contributed by atoms with E-state index in [4.69, 9.17) is 5.11 Å². The van der Waals surface area contributed by atoms with Crippen molar-refractivity contribution in [3.63, 3.8) is 0 Å². The van der Waals surface area contributed by atoms with Crippen molar-refractivity contribution in [3.8, 4) is 0 Å². The minimum atomic E-state index is -1.12. The number of nitrogens with zero attached hydrogens (tertiary/aromatic N) is 3. The zero-order chi connectivity index (χ0) is 9.14. The first-order chi connectivity index (χ1) is 5.61. The minimum Gasteiger partial charge on any atom is -0.476 e. The lowest BCUT2D eigenvalue weighted by Crippen LogP contribution is -2.14. The summed E-state index contributed by atoms with van der Waals surface area (Å²) in [6.07, 6.45) is 0. The van der Waals surface area contributed by atoms with E-state index in [1.54, 1.807) is 19.0 Å². The normalized spacial score (nSPS) is 10.6. The second-order valence-corrected chi connectivity index (χ2v) is 2.60. The van der Waals surface area contributed by atoms with Gasteiger partial charge in [0.05, 0.1) is 0 Å². The van der Waals surface area contributed by atoms with Crippen molar-refractivity contribution in [2.45, 2.75) is 6.54 Å². The molecule has 0 bridgehead atoms. The smallest absolute Gasteiger partial charge is 0.360 e. The molecule has 0 aliphatic carbocycles. The third-order valence-corrected chi connectivity index (χ3v) is 1.23. The van der Waals surface area contributed by atoms with E-state index in [0.29, 0.717) is 12.2 Å². The number of hydrogen-bond acceptors (Lipinski definition) is 5. The van der Waals surface area contributed by atoms with Crippen molar-refractivity contribution in [3.05, 3.63) is 11.4 Å². The van der Waals surface area contributed by atoms with Crippen LogP contribution >= 0.6 is 0 Å². The molecule has 1 aromatic rings. The minimum absolute atomic E-state index is 0.122. The zero-order valence-electron chi connectivity index (χ0n) is 6.81. The Labute approximate surface area is 68.7 Å². The standard InChI is InChI=1S/C6H9N3O3/c1-9(2)3-4-5(6(10)11)8-12-7-4/h3H2,1-2H3,(H,10,11). The van der Waals surface area contributed by atoms with Gasteiger partial charge in [0.1, 0.15) is 5.69 Å². The van der Waals surface area contributed by atoms with Crippen LogP contribution in [0.1, 0.15) is 16.2 Å². The molecule has 0 aliphatic heterocycles. The van der Waals surface area contributed by atoms with Crippen molar-refractivity contribution in [2.75, 3.05) is 14.1 Å². The van der Waals surface area contributed by atoms with E-state index < -0.39 is 5.97 Å². The predicted molar refractivity (Wildman–Crippen MR) is 38.6 cm³/mol. The van der Waals surface area contributed by atoms with Crippen molar-refractivity contribution in [2.24, 2.45) is 0 Å². The Morgan fingerprint density at radius 2 is 2.25 bits per heavy atom. The van der Waals surface area contributed by atoms with Gasteiger partial charge in [0.2, 0.25) is 5.69 Å². The van der Waals surface area contributed by atoms with Gasteiger partial charge in [0.25, 0.3) is 0 Å². The van der Waals surface area contributed by atoms with E-state index in [1.807, 2.05) is 0 Å². The number of hydrogen-bond donors (Lipinski definition) is 1. The Balaban J connectivity index is 2.84. The molecule has 1 heterocycles. The molecule has 6 heteroatoms. The average Bonchev–Trinajstić information content (AvgIpc) is 2.33. The number of aromatic nitrogens is 2. The summed E-state index contributed by atoms with van der Waals surface area (Å²) in [5.74, 6) is -1.12. The summed E-state index contributed by atoms with van der Waals surface area (Å²) in [5.41, 5.74) is 0.219. The highest BCUT2D eigenvalue weighted by Crippen LogP contribution is 2.04. The number of aromatic carboxylic acids is 1. The molecule has 0 aromatic carbocycles. The lowest BCUT2D eigenvalue weighted by molar-refractivity contribution is 0.0683. The van der Waals surface area contributed by atoms with Crippen LogP contribution in [-0.2, 0) is 6.54 Å². The highest BCUT2D eigenvalue weighted by molar-refractivity contribution is 5.86. The molecule has 1 N–H and O–H groups in total. The van der Waals surface area contributed by atoms with Gasteiger partial charge in [-0.05, 0) is 19.3 Å². The molecular formula is C6H9N3O3. The molecule has 6 nitrogen and oxygen atoms in total. The molecule has 0 saturated carbocycles. The van der Waals surface area contributed by atoms with E-state index in [0.717, 1.165) is 0 Å². The molecule has 0 atom stereocenters. The molecule has 1 aromatic heterocycles. The molecule has 0 saturated heterocycles. The summed E-state index contributed by atoms with van der Waals surface area (Å²) in [5, 5.41) is 15.3. The maximum atomic E-state index is 10.5. The van der Waals surface area contributed by atoms with Crippen LogP contribution in [0.25, 0.3) is 0 Å².